The van der Waals surface area contributed by atoms with Gasteiger partial charge < -0.3 is 29.9 Å². The third-order valence-electron chi connectivity index (χ3n) is 6.85. The quantitative estimate of drug-likeness (QED) is 0.427. The highest BCUT2D eigenvalue weighted by atomic mass is 19.1. The van der Waals surface area contributed by atoms with Crippen molar-refractivity contribution in [3.8, 4) is 11.5 Å². The lowest BCUT2D eigenvalue weighted by Gasteiger charge is -2.41. The summed E-state index contributed by atoms with van der Waals surface area (Å²) in [4.78, 5) is 39.6. The highest BCUT2D eigenvalue weighted by Gasteiger charge is 2.51. The molecule has 0 radical (unpaired) electrons. The first kappa shape index (κ1) is 27.3. The lowest BCUT2D eigenvalue weighted by Crippen LogP contribution is -2.56. The maximum absolute atomic E-state index is 14.6. The van der Waals surface area contributed by atoms with Gasteiger partial charge in [-0.3, -0.25) is 14.4 Å². The Morgan fingerprint density at radius 2 is 2.00 bits per heavy atom. The van der Waals surface area contributed by atoms with Gasteiger partial charge in [-0.1, -0.05) is 32.0 Å². The van der Waals surface area contributed by atoms with Crippen molar-refractivity contribution in [1.29, 1.82) is 0 Å². The van der Waals surface area contributed by atoms with E-state index in [1.54, 1.807) is 38.1 Å². The first-order chi connectivity index (χ1) is 18.2. The van der Waals surface area contributed by atoms with Crippen molar-refractivity contribution < 1.29 is 38.5 Å². The lowest BCUT2D eigenvalue weighted by molar-refractivity contribution is -0.141. The van der Waals surface area contributed by atoms with Gasteiger partial charge >= 0.3 is 0 Å². The number of methoxy groups -OCH3 is 1. The molecule has 1 aliphatic carbocycles. The van der Waals surface area contributed by atoms with Gasteiger partial charge in [0.15, 0.2) is 11.5 Å². The molecule has 10 heteroatoms. The molecule has 0 saturated heterocycles. The molecule has 0 aromatic heterocycles. The van der Waals surface area contributed by atoms with Crippen molar-refractivity contribution in [3.63, 3.8) is 0 Å². The second kappa shape index (κ2) is 11.3. The van der Waals surface area contributed by atoms with Crippen molar-refractivity contribution in [1.82, 2.24) is 10.2 Å². The molecule has 4 rings (SSSR count). The Morgan fingerprint density at radius 1 is 1.26 bits per heavy atom. The number of carbonyl (C=O) groups excluding carboxylic acids is 3. The van der Waals surface area contributed by atoms with E-state index in [2.05, 4.69) is 5.32 Å². The number of fused-ring (bicyclic) bond motifs is 3. The molecule has 0 bridgehead atoms. The van der Waals surface area contributed by atoms with Crippen LogP contribution in [0.4, 0.5) is 4.39 Å². The molecule has 0 fully saturated rings. The minimum absolute atomic E-state index is 0.0178. The SMILES string of the molecule is COc1cc(C=O)cc2c1O[C@@H]1[C@@H](O)[C@H](N(Cc3ccccc3F)C(=O)C(C)C)C=C(C(=O)NCCO)[C@H]21. The molecule has 1 heterocycles. The monoisotopic (exact) mass is 526 g/mol. The van der Waals surface area contributed by atoms with E-state index in [1.807, 2.05) is 0 Å². The summed E-state index contributed by atoms with van der Waals surface area (Å²) < 4.78 is 26.2. The summed E-state index contributed by atoms with van der Waals surface area (Å²) in [7, 11) is 1.41. The van der Waals surface area contributed by atoms with Crippen molar-refractivity contribution >= 4 is 18.1 Å². The fraction of sp³-hybridized carbons (Fsp3) is 0.393. The van der Waals surface area contributed by atoms with Crippen molar-refractivity contribution in [2.45, 2.75) is 44.6 Å². The smallest absolute Gasteiger partial charge is 0.247 e. The lowest BCUT2D eigenvalue weighted by atomic mass is 9.77. The molecule has 1 aliphatic heterocycles. The Morgan fingerprint density at radius 3 is 2.63 bits per heavy atom. The number of carbonyl (C=O) groups is 3. The molecule has 3 N–H and O–H groups in total. The molecule has 9 nitrogen and oxygen atoms in total. The van der Waals surface area contributed by atoms with Gasteiger partial charge in [-0.05, 0) is 24.3 Å². The second-order valence-corrected chi connectivity index (χ2v) is 9.61. The van der Waals surface area contributed by atoms with Crippen LogP contribution in [-0.2, 0) is 16.1 Å². The van der Waals surface area contributed by atoms with Gasteiger partial charge in [-0.2, -0.15) is 0 Å². The summed E-state index contributed by atoms with van der Waals surface area (Å²) in [6.07, 6.45) is -0.169. The summed E-state index contributed by atoms with van der Waals surface area (Å²) in [5.74, 6) is -2.10. The largest absolute Gasteiger partial charge is 0.493 e. The van der Waals surface area contributed by atoms with Crippen LogP contribution in [0.5, 0.6) is 11.5 Å². The Hall–Kier alpha value is -3.76. The number of amides is 2. The maximum atomic E-state index is 14.6. The summed E-state index contributed by atoms with van der Waals surface area (Å²) in [5.41, 5.74) is 1.23. The van der Waals surface area contributed by atoms with E-state index in [9.17, 15) is 29.0 Å². The van der Waals surface area contributed by atoms with Gasteiger partial charge in [0.1, 0.15) is 24.3 Å². The Bertz CT molecular complexity index is 1260. The average molecular weight is 527 g/mol. The Balaban J connectivity index is 1.84. The standard InChI is InChI=1S/C28H31FN2O7/c1-15(2)28(36)31(13-17-6-4-5-7-20(17)29)21-12-19(27(35)30-8-9-32)23-18-10-16(14-33)11-22(37-3)25(18)38-26(23)24(21)34/h4-7,10-12,14-15,21,23-24,26,32,34H,8-9,13H2,1-3H3,(H,30,35)/t21-,23+,24+,26+/m1/s1. The zero-order chi connectivity index (χ0) is 27.6. The summed E-state index contributed by atoms with van der Waals surface area (Å²) in [6.45, 7) is 2.94. The first-order valence-corrected chi connectivity index (χ1v) is 12.4. The zero-order valence-corrected chi connectivity index (χ0v) is 21.4. The third-order valence-corrected chi connectivity index (χ3v) is 6.85. The van der Waals surface area contributed by atoms with Gasteiger partial charge in [-0.25, -0.2) is 4.39 Å². The van der Waals surface area contributed by atoms with E-state index in [4.69, 9.17) is 9.47 Å². The zero-order valence-electron chi connectivity index (χ0n) is 21.4. The number of aldehydes is 1. The molecule has 0 spiro atoms. The van der Waals surface area contributed by atoms with Gasteiger partial charge in [0.05, 0.1) is 25.7 Å². The van der Waals surface area contributed by atoms with Gasteiger partial charge in [0, 0.05) is 41.3 Å². The molecule has 0 unspecified atom stereocenters. The van der Waals surface area contributed by atoms with E-state index >= 15 is 0 Å². The summed E-state index contributed by atoms with van der Waals surface area (Å²) >= 11 is 0. The van der Waals surface area contributed by atoms with Crippen LogP contribution in [-0.4, -0.2) is 71.7 Å². The molecular formula is C28H31FN2O7. The fourth-order valence-corrected chi connectivity index (χ4v) is 5.03. The van der Waals surface area contributed by atoms with E-state index in [-0.39, 0.29) is 48.2 Å². The minimum atomic E-state index is -1.30. The van der Waals surface area contributed by atoms with Crippen LogP contribution < -0.4 is 14.8 Å². The van der Waals surface area contributed by atoms with E-state index in [1.165, 1.54) is 30.2 Å². The molecule has 38 heavy (non-hydrogen) atoms. The summed E-state index contributed by atoms with van der Waals surface area (Å²) in [5, 5.41) is 23.5. The molecule has 202 valence electrons. The normalized spacial score (nSPS) is 21.6. The number of nitrogens with zero attached hydrogens (tertiary/aromatic N) is 1. The number of hydrogen-bond acceptors (Lipinski definition) is 7. The number of benzene rings is 2. The number of aliphatic hydroxyl groups is 2. The van der Waals surface area contributed by atoms with Crippen molar-refractivity contribution in [2.24, 2.45) is 5.92 Å². The fourth-order valence-electron chi connectivity index (χ4n) is 5.03. The van der Waals surface area contributed by atoms with E-state index in [0.717, 1.165) is 0 Å². The number of ether oxygens (including phenoxy) is 2. The van der Waals surface area contributed by atoms with Gasteiger partial charge in [-0.15, -0.1) is 0 Å². The highest BCUT2D eigenvalue weighted by Crippen LogP contribution is 2.51. The van der Waals surface area contributed by atoms with E-state index in [0.29, 0.717) is 17.4 Å². The van der Waals surface area contributed by atoms with Crippen LogP contribution >= 0.6 is 0 Å². The Kier molecular flexibility index (Phi) is 8.13. The van der Waals surface area contributed by atoms with Crippen LogP contribution in [0.3, 0.4) is 0 Å². The number of rotatable bonds is 9. The number of nitrogens with one attached hydrogen (secondary N) is 1. The second-order valence-electron chi connectivity index (χ2n) is 9.61. The van der Waals surface area contributed by atoms with Crippen LogP contribution in [0, 0.1) is 11.7 Å². The number of hydrogen-bond donors (Lipinski definition) is 3. The molecular weight excluding hydrogens is 495 g/mol. The molecule has 2 amide bonds. The van der Waals surface area contributed by atoms with Gasteiger partial charge in [0.2, 0.25) is 11.8 Å². The molecule has 2 aromatic rings. The Labute approximate surface area is 219 Å². The van der Waals surface area contributed by atoms with Crippen molar-refractivity contribution in [2.75, 3.05) is 20.3 Å². The molecule has 0 saturated carbocycles. The summed E-state index contributed by atoms with van der Waals surface area (Å²) in [6, 6.07) is 8.08. The van der Waals surface area contributed by atoms with E-state index < -0.39 is 41.8 Å². The number of aliphatic hydroxyl groups excluding tert-OH is 2. The highest BCUT2D eigenvalue weighted by molar-refractivity contribution is 5.96. The molecule has 2 aromatic carbocycles. The van der Waals surface area contributed by atoms with Crippen LogP contribution in [0.1, 0.15) is 41.3 Å². The van der Waals surface area contributed by atoms with Gasteiger partial charge in [0.25, 0.3) is 0 Å². The predicted molar refractivity (Wildman–Crippen MR) is 135 cm³/mol. The molecule has 4 atom stereocenters. The maximum Gasteiger partial charge on any atom is 0.247 e. The topological polar surface area (TPSA) is 125 Å². The predicted octanol–water partition coefficient (Wildman–Crippen LogP) is 1.95. The average Bonchev–Trinajstić information content (AvgIpc) is 3.31. The third kappa shape index (κ3) is 5.01. The number of halogens is 1. The van der Waals surface area contributed by atoms with Crippen LogP contribution in [0.25, 0.3) is 0 Å². The van der Waals surface area contributed by atoms with Crippen LogP contribution in [0.15, 0.2) is 48.0 Å². The first-order valence-electron chi connectivity index (χ1n) is 12.4. The van der Waals surface area contributed by atoms with Crippen LogP contribution in [0.2, 0.25) is 0 Å². The van der Waals surface area contributed by atoms with Crippen molar-refractivity contribution in [3.05, 3.63) is 70.6 Å². The molecule has 2 aliphatic rings. The minimum Gasteiger partial charge on any atom is -0.493 e.